The maximum Gasteiger partial charge on any atom is 0.268 e. The third-order valence-corrected chi connectivity index (χ3v) is 12.3. The SMILES string of the molecule is CCCCCC/C=C\C/C=C\CCCCCCCCCC(=O)NC(COP(=O)([O-])OCC[N+](C)(C)C)C(O)/C=C/CCCCCCCCCCCCCCCCCCCC. The van der Waals surface area contributed by atoms with Crippen LogP contribution in [0.15, 0.2) is 36.5 Å². The number of carbonyl (C=O) groups is 1. The molecule has 2 N–H and O–H groups in total. The Hall–Kier alpha value is -1.28. The van der Waals surface area contributed by atoms with Gasteiger partial charge in [0.15, 0.2) is 0 Å². The summed E-state index contributed by atoms with van der Waals surface area (Å²) in [7, 11) is 1.26. The van der Waals surface area contributed by atoms with E-state index in [1.807, 2.05) is 27.2 Å². The Bertz CT molecular complexity index is 1070. The lowest BCUT2D eigenvalue weighted by molar-refractivity contribution is -0.870. The Morgan fingerprint density at radius 2 is 0.967 bits per heavy atom. The average Bonchev–Trinajstić information content (AvgIpc) is 3.20. The Morgan fingerprint density at radius 1 is 0.583 bits per heavy atom. The number of hydrogen-bond acceptors (Lipinski definition) is 6. The van der Waals surface area contributed by atoms with Gasteiger partial charge in [-0.25, -0.2) is 0 Å². The van der Waals surface area contributed by atoms with Gasteiger partial charge in [-0.15, -0.1) is 0 Å². The van der Waals surface area contributed by atoms with E-state index in [-0.39, 0.29) is 19.1 Å². The first-order valence-electron chi connectivity index (χ1n) is 25.4. The number of hydrogen-bond donors (Lipinski definition) is 2. The van der Waals surface area contributed by atoms with E-state index in [0.717, 1.165) is 51.4 Å². The van der Waals surface area contributed by atoms with Crippen LogP contribution in [0.1, 0.15) is 232 Å². The predicted octanol–water partition coefficient (Wildman–Crippen LogP) is 14.0. The molecule has 3 unspecified atom stereocenters. The summed E-state index contributed by atoms with van der Waals surface area (Å²) in [6.45, 7) is 4.64. The van der Waals surface area contributed by atoms with Gasteiger partial charge in [0.05, 0.1) is 39.9 Å². The molecule has 1 amide bonds. The third kappa shape index (κ3) is 44.8. The van der Waals surface area contributed by atoms with Crippen LogP contribution in [0, 0.1) is 0 Å². The Labute approximate surface area is 372 Å². The van der Waals surface area contributed by atoms with Crippen molar-refractivity contribution in [2.45, 2.75) is 244 Å². The zero-order valence-corrected chi connectivity index (χ0v) is 41.1. The van der Waals surface area contributed by atoms with Crippen molar-refractivity contribution in [2.75, 3.05) is 40.9 Å². The van der Waals surface area contributed by atoms with E-state index in [0.29, 0.717) is 17.4 Å². The van der Waals surface area contributed by atoms with Crippen molar-refractivity contribution in [2.24, 2.45) is 0 Å². The molecule has 0 aromatic heterocycles. The topological polar surface area (TPSA) is 108 Å². The van der Waals surface area contributed by atoms with Crippen molar-refractivity contribution in [1.29, 1.82) is 0 Å². The Morgan fingerprint density at radius 3 is 1.40 bits per heavy atom. The lowest BCUT2D eigenvalue weighted by Gasteiger charge is -2.29. The molecule has 354 valence electrons. The molecule has 0 bridgehead atoms. The van der Waals surface area contributed by atoms with Gasteiger partial charge >= 0.3 is 0 Å². The van der Waals surface area contributed by atoms with E-state index < -0.39 is 20.0 Å². The van der Waals surface area contributed by atoms with Gasteiger partial charge in [0.1, 0.15) is 13.2 Å². The summed E-state index contributed by atoms with van der Waals surface area (Å²) in [5.41, 5.74) is 0. The van der Waals surface area contributed by atoms with Crippen molar-refractivity contribution in [3.63, 3.8) is 0 Å². The highest BCUT2D eigenvalue weighted by atomic mass is 31.2. The molecule has 0 aliphatic rings. The number of carbonyl (C=O) groups excluding carboxylic acids is 1. The predicted molar refractivity (Wildman–Crippen MR) is 256 cm³/mol. The number of amides is 1. The maximum atomic E-state index is 12.9. The lowest BCUT2D eigenvalue weighted by Crippen LogP contribution is -2.45. The maximum absolute atomic E-state index is 12.9. The highest BCUT2D eigenvalue weighted by Gasteiger charge is 2.23. The van der Waals surface area contributed by atoms with Crippen LogP contribution in [0.2, 0.25) is 0 Å². The number of rotatable bonds is 46. The fourth-order valence-corrected chi connectivity index (χ4v) is 8.02. The number of phosphoric ester groups is 1. The number of quaternary nitrogens is 1. The van der Waals surface area contributed by atoms with Gasteiger partial charge in [-0.3, -0.25) is 9.36 Å². The standard InChI is InChI=1S/C51H99N2O6P/c1-6-8-10-12-14-16-18-20-22-24-26-27-28-30-32-34-36-38-40-42-44-50(54)49(48-59-60(56,57)58-47-46-53(3,4)5)52-51(55)45-43-41-39-37-35-33-31-29-25-23-21-19-17-15-13-11-9-7-2/h17,19,23,25,42,44,49-50,54H,6-16,18,20-22,24,26-41,43,45-48H2,1-5H3,(H-,52,55,56,57)/b19-17-,25-23-,44-42+. The minimum atomic E-state index is -4.59. The van der Waals surface area contributed by atoms with Crippen LogP contribution in [0.4, 0.5) is 0 Å². The first kappa shape index (κ1) is 58.7. The van der Waals surface area contributed by atoms with Crippen LogP contribution in [0.25, 0.3) is 0 Å². The van der Waals surface area contributed by atoms with Gasteiger partial charge in [-0.2, -0.15) is 0 Å². The van der Waals surface area contributed by atoms with Gasteiger partial charge in [0.2, 0.25) is 5.91 Å². The molecule has 0 radical (unpaired) electrons. The second kappa shape index (κ2) is 43.0. The molecule has 0 aliphatic carbocycles. The number of unbranched alkanes of at least 4 members (excludes halogenated alkanes) is 29. The molecule has 0 aromatic carbocycles. The minimum Gasteiger partial charge on any atom is -0.756 e. The van der Waals surface area contributed by atoms with Crippen LogP contribution in [-0.4, -0.2) is 68.5 Å². The van der Waals surface area contributed by atoms with Crippen LogP contribution in [0.5, 0.6) is 0 Å². The fraction of sp³-hybridized carbons (Fsp3) is 0.863. The van der Waals surface area contributed by atoms with Crippen molar-refractivity contribution in [3.05, 3.63) is 36.5 Å². The molecular weight excluding hydrogens is 768 g/mol. The van der Waals surface area contributed by atoms with E-state index in [1.165, 1.54) is 161 Å². The Kier molecular flexibility index (Phi) is 42.1. The summed E-state index contributed by atoms with van der Waals surface area (Å²) >= 11 is 0. The second-order valence-electron chi connectivity index (χ2n) is 18.5. The summed E-state index contributed by atoms with van der Waals surface area (Å²) in [4.78, 5) is 25.4. The zero-order valence-electron chi connectivity index (χ0n) is 40.2. The molecule has 0 spiro atoms. The third-order valence-electron chi connectivity index (χ3n) is 11.3. The molecule has 60 heavy (non-hydrogen) atoms. The summed E-state index contributed by atoms with van der Waals surface area (Å²) < 4.78 is 23.3. The number of phosphoric acid groups is 1. The van der Waals surface area contributed by atoms with Crippen molar-refractivity contribution < 1.29 is 32.9 Å². The monoisotopic (exact) mass is 867 g/mol. The quantitative estimate of drug-likeness (QED) is 0.0273. The van der Waals surface area contributed by atoms with Crippen LogP contribution < -0.4 is 10.2 Å². The molecule has 0 rings (SSSR count). The smallest absolute Gasteiger partial charge is 0.268 e. The van der Waals surface area contributed by atoms with Gasteiger partial charge in [-0.05, 0) is 51.4 Å². The van der Waals surface area contributed by atoms with Crippen LogP contribution in [0.3, 0.4) is 0 Å². The molecular formula is C51H99N2O6P. The first-order valence-corrected chi connectivity index (χ1v) is 26.8. The molecule has 0 saturated carbocycles. The van der Waals surface area contributed by atoms with Gasteiger partial charge in [0, 0.05) is 6.42 Å². The average molecular weight is 867 g/mol. The largest absolute Gasteiger partial charge is 0.756 e. The van der Waals surface area contributed by atoms with E-state index in [4.69, 9.17) is 9.05 Å². The number of likely N-dealkylation sites (N-methyl/N-ethyl adjacent to an activating group) is 1. The number of aliphatic hydroxyl groups excluding tert-OH is 1. The van der Waals surface area contributed by atoms with E-state index in [2.05, 4.69) is 43.5 Å². The molecule has 0 fully saturated rings. The molecule has 9 heteroatoms. The van der Waals surface area contributed by atoms with Crippen molar-refractivity contribution in [3.8, 4) is 0 Å². The Balaban J connectivity index is 4.34. The summed E-state index contributed by atoms with van der Waals surface area (Å²) in [5.74, 6) is -0.204. The van der Waals surface area contributed by atoms with E-state index in [1.54, 1.807) is 6.08 Å². The van der Waals surface area contributed by atoms with Crippen molar-refractivity contribution in [1.82, 2.24) is 5.32 Å². The number of nitrogens with zero attached hydrogens (tertiary/aromatic N) is 1. The molecule has 0 saturated heterocycles. The molecule has 0 aliphatic heterocycles. The fourth-order valence-electron chi connectivity index (χ4n) is 7.30. The first-order chi connectivity index (χ1) is 29.0. The highest BCUT2D eigenvalue weighted by molar-refractivity contribution is 7.45. The van der Waals surface area contributed by atoms with Gasteiger partial charge in [-0.1, -0.05) is 211 Å². The van der Waals surface area contributed by atoms with E-state index >= 15 is 0 Å². The lowest BCUT2D eigenvalue weighted by atomic mass is 10.0. The van der Waals surface area contributed by atoms with E-state index in [9.17, 15) is 19.4 Å². The second-order valence-corrected chi connectivity index (χ2v) is 19.9. The number of aliphatic hydroxyl groups is 1. The number of allylic oxidation sites excluding steroid dienone is 5. The minimum absolute atomic E-state index is 0.00260. The molecule has 0 heterocycles. The normalized spacial score (nSPS) is 14.4. The van der Waals surface area contributed by atoms with Gasteiger partial charge in [0.25, 0.3) is 7.82 Å². The molecule has 3 atom stereocenters. The summed E-state index contributed by atoms with van der Waals surface area (Å²) in [6.07, 6.45) is 53.3. The van der Waals surface area contributed by atoms with Crippen LogP contribution >= 0.6 is 7.82 Å². The summed E-state index contributed by atoms with van der Waals surface area (Å²) in [6, 6.07) is -0.890. The van der Waals surface area contributed by atoms with Gasteiger partial charge < -0.3 is 28.8 Å². The highest BCUT2D eigenvalue weighted by Crippen LogP contribution is 2.38. The molecule has 8 nitrogen and oxygen atoms in total. The summed E-state index contributed by atoms with van der Waals surface area (Å²) in [5, 5.41) is 13.8. The molecule has 0 aromatic rings. The zero-order chi connectivity index (χ0) is 44.3. The van der Waals surface area contributed by atoms with Crippen molar-refractivity contribution >= 4 is 13.7 Å². The van der Waals surface area contributed by atoms with Crippen LogP contribution in [-0.2, 0) is 18.4 Å². The number of nitrogens with one attached hydrogen (secondary N) is 1.